The van der Waals surface area contributed by atoms with Crippen LogP contribution >= 0.6 is 11.6 Å². The van der Waals surface area contributed by atoms with E-state index in [1.54, 1.807) is 18.2 Å². The van der Waals surface area contributed by atoms with Gasteiger partial charge in [-0.05, 0) is 18.2 Å². The van der Waals surface area contributed by atoms with Gasteiger partial charge in [-0.3, -0.25) is 4.79 Å². The van der Waals surface area contributed by atoms with Crippen molar-refractivity contribution < 1.29 is 9.53 Å². The van der Waals surface area contributed by atoms with E-state index < -0.39 is 0 Å². The molecule has 1 aliphatic heterocycles. The molecule has 0 radical (unpaired) electrons. The number of carbonyl (C=O) groups is 1. The maximum atomic E-state index is 11.6. The Morgan fingerprint density at radius 3 is 2.88 bits per heavy atom. The lowest BCUT2D eigenvalue weighted by Gasteiger charge is -2.15. The van der Waals surface area contributed by atoms with E-state index in [4.69, 9.17) is 22.1 Å². The summed E-state index contributed by atoms with van der Waals surface area (Å²) in [6, 6.07) is 4.97. The van der Waals surface area contributed by atoms with Crippen molar-refractivity contribution in [1.29, 1.82) is 0 Å². The number of methoxy groups -OCH3 is 1. The van der Waals surface area contributed by atoms with Crippen molar-refractivity contribution in [1.82, 2.24) is 0 Å². The average molecular weight is 240 g/mol. The third-order valence-corrected chi connectivity index (χ3v) is 2.40. The zero-order valence-electron chi connectivity index (χ0n) is 8.61. The molecule has 2 rings (SSSR count). The van der Waals surface area contributed by atoms with Gasteiger partial charge in [-0.1, -0.05) is 11.6 Å². The lowest BCUT2D eigenvalue weighted by molar-refractivity contribution is -0.116. The van der Waals surface area contributed by atoms with Crippen LogP contribution in [0.25, 0.3) is 0 Å². The molecule has 1 aliphatic rings. The van der Waals surface area contributed by atoms with Crippen LogP contribution in [0.4, 0.5) is 5.69 Å². The number of rotatable bonds is 2. The minimum absolute atomic E-state index is 0.121. The Labute approximate surface area is 97.4 Å². The molecule has 1 heterocycles. The molecule has 6 heteroatoms. The number of carbonyl (C=O) groups excluding carboxylic acids is 1. The molecule has 84 valence electrons. The van der Waals surface area contributed by atoms with Gasteiger partial charge in [0.2, 0.25) is 0 Å². The highest BCUT2D eigenvalue weighted by molar-refractivity contribution is 6.31. The topological polar surface area (TPSA) is 67.9 Å². The molecule has 0 spiro atoms. The summed E-state index contributed by atoms with van der Waals surface area (Å²) >= 11 is 5.86. The Morgan fingerprint density at radius 2 is 2.31 bits per heavy atom. The first-order chi connectivity index (χ1) is 7.61. The van der Waals surface area contributed by atoms with Crippen LogP contribution < -0.4 is 15.5 Å². The number of hydrogen-bond donors (Lipinski definition) is 1. The predicted octanol–water partition coefficient (Wildman–Crippen LogP) is 1.36. The van der Waals surface area contributed by atoms with Crippen LogP contribution in [0.2, 0.25) is 5.02 Å². The van der Waals surface area contributed by atoms with Crippen LogP contribution in [-0.4, -0.2) is 18.9 Å². The van der Waals surface area contributed by atoms with E-state index >= 15 is 0 Å². The molecule has 1 aromatic rings. The van der Waals surface area contributed by atoms with E-state index in [0.717, 1.165) is 0 Å². The number of anilines is 1. The van der Waals surface area contributed by atoms with E-state index in [9.17, 15) is 4.79 Å². The standard InChI is InChI=1S/C10H10ClN3O2/c1-16-8-3-2-6(11)4-7(8)14-10(15)5-9(12)13-14/h2-4H,5H2,1H3,(H2,12,13). The van der Waals surface area contributed by atoms with Gasteiger partial charge in [0.05, 0.1) is 13.5 Å². The number of hydrogen-bond acceptors (Lipinski definition) is 4. The smallest absolute Gasteiger partial charge is 0.255 e. The van der Waals surface area contributed by atoms with E-state index in [1.807, 2.05) is 0 Å². The maximum absolute atomic E-state index is 11.6. The first kappa shape index (κ1) is 10.8. The van der Waals surface area contributed by atoms with Crippen molar-refractivity contribution >= 4 is 29.0 Å². The minimum atomic E-state index is -0.196. The molecule has 5 nitrogen and oxygen atoms in total. The third kappa shape index (κ3) is 1.81. The van der Waals surface area contributed by atoms with Crippen LogP contribution in [0.1, 0.15) is 6.42 Å². The second-order valence-electron chi connectivity index (χ2n) is 3.29. The molecule has 2 N–H and O–H groups in total. The highest BCUT2D eigenvalue weighted by atomic mass is 35.5. The van der Waals surface area contributed by atoms with Crippen molar-refractivity contribution in [2.75, 3.05) is 12.1 Å². The van der Waals surface area contributed by atoms with Gasteiger partial charge in [0, 0.05) is 5.02 Å². The number of halogens is 1. The Kier molecular flexibility index (Phi) is 2.70. The zero-order chi connectivity index (χ0) is 11.7. The second kappa shape index (κ2) is 4.02. The molecule has 1 amide bonds. The Bertz CT molecular complexity index is 473. The number of ether oxygens (including phenoxy) is 1. The SMILES string of the molecule is COc1ccc(Cl)cc1N1N=C(N)CC1=O. The number of nitrogens with zero attached hydrogens (tertiary/aromatic N) is 2. The van der Waals surface area contributed by atoms with Gasteiger partial charge in [0.1, 0.15) is 17.3 Å². The largest absolute Gasteiger partial charge is 0.494 e. The quantitative estimate of drug-likeness (QED) is 0.847. The number of benzene rings is 1. The second-order valence-corrected chi connectivity index (χ2v) is 3.73. The Balaban J connectivity index is 2.46. The summed E-state index contributed by atoms with van der Waals surface area (Å²) in [6.45, 7) is 0. The highest BCUT2D eigenvalue weighted by Gasteiger charge is 2.26. The lowest BCUT2D eigenvalue weighted by atomic mass is 10.2. The van der Waals surface area contributed by atoms with Gasteiger partial charge in [-0.25, -0.2) is 0 Å². The lowest BCUT2D eigenvalue weighted by Crippen LogP contribution is -2.20. The molecule has 0 saturated carbocycles. The van der Waals surface area contributed by atoms with Gasteiger partial charge in [-0.2, -0.15) is 10.1 Å². The molecule has 0 bridgehead atoms. The fraction of sp³-hybridized carbons (Fsp3) is 0.200. The molecular formula is C10H10ClN3O2. The molecule has 16 heavy (non-hydrogen) atoms. The van der Waals surface area contributed by atoms with Gasteiger partial charge in [0.25, 0.3) is 5.91 Å². The number of amides is 1. The van der Waals surface area contributed by atoms with Crippen molar-refractivity contribution in [2.24, 2.45) is 10.8 Å². The molecule has 0 saturated heterocycles. The molecular weight excluding hydrogens is 230 g/mol. The summed E-state index contributed by atoms with van der Waals surface area (Å²) in [5, 5.41) is 5.64. The summed E-state index contributed by atoms with van der Waals surface area (Å²) in [7, 11) is 1.51. The van der Waals surface area contributed by atoms with Gasteiger partial charge in [-0.15, -0.1) is 0 Å². The molecule has 0 aliphatic carbocycles. The van der Waals surface area contributed by atoms with E-state index in [1.165, 1.54) is 12.1 Å². The first-order valence-corrected chi connectivity index (χ1v) is 4.99. The first-order valence-electron chi connectivity index (χ1n) is 4.61. The van der Waals surface area contributed by atoms with Crippen LogP contribution in [-0.2, 0) is 4.79 Å². The fourth-order valence-electron chi connectivity index (χ4n) is 1.47. The van der Waals surface area contributed by atoms with E-state index in [-0.39, 0.29) is 18.2 Å². The van der Waals surface area contributed by atoms with Crippen molar-refractivity contribution in [3.05, 3.63) is 23.2 Å². The number of hydrazone groups is 1. The molecule has 0 atom stereocenters. The maximum Gasteiger partial charge on any atom is 0.255 e. The van der Waals surface area contributed by atoms with Crippen LogP contribution in [0.15, 0.2) is 23.3 Å². The molecule has 0 unspecified atom stereocenters. The Morgan fingerprint density at radius 1 is 1.56 bits per heavy atom. The van der Waals surface area contributed by atoms with Crippen LogP contribution in [0.5, 0.6) is 5.75 Å². The summed E-state index contributed by atoms with van der Waals surface area (Å²) < 4.78 is 5.13. The highest BCUT2D eigenvalue weighted by Crippen LogP contribution is 2.33. The number of amidine groups is 1. The van der Waals surface area contributed by atoms with Crippen LogP contribution in [0, 0.1) is 0 Å². The van der Waals surface area contributed by atoms with Gasteiger partial charge in [0.15, 0.2) is 0 Å². The van der Waals surface area contributed by atoms with Crippen molar-refractivity contribution in [3.8, 4) is 5.75 Å². The Hall–Kier alpha value is -1.75. The van der Waals surface area contributed by atoms with Crippen molar-refractivity contribution in [3.63, 3.8) is 0 Å². The monoisotopic (exact) mass is 239 g/mol. The van der Waals surface area contributed by atoms with Crippen molar-refractivity contribution in [2.45, 2.75) is 6.42 Å². The van der Waals surface area contributed by atoms with Crippen LogP contribution in [0.3, 0.4) is 0 Å². The normalized spacial score (nSPS) is 15.2. The molecule has 0 fully saturated rings. The molecule has 0 aromatic heterocycles. The number of nitrogens with two attached hydrogens (primary N) is 1. The summed E-state index contributed by atoms with van der Waals surface area (Å²) in [5.41, 5.74) is 6.00. The summed E-state index contributed by atoms with van der Waals surface area (Å²) in [4.78, 5) is 11.6. The fourth-order valence-corrected chi connectivity index (χ4v) is 1.63. The third-order valence-electron chi connectivity index (χ3n) is 2.17. The molecule has 1 aromatic carbocycles. The minimum Gasteiger partial charge on any atom is -0.494 e. The van der Waals surface area contributed by atoms with Gasteiger partial charge < -0.3 is 10.5 Å². The van der Waals surface area contributed by atoms with E-state index in [2.05, 4.69) is 5.10 Å². The predicted molar refractivity (Wildman–Crippen MR) is 61.7 cm³/mol. The summed E-state index contributed by atoms with van der Waals surface area (Å²) in [5.74, 6) is 0.612. The summed E-state index contributed by atoms with van der Waals surface area (Å²) in [6.07, 6.45) is 0.121. The average Bonchev–Trinajstić information content (AvgIpc) is 2.57. The zero-order valence-corrected chi connectivity index (χ0v) is 9.36. The van der Waals surface area contributed by atoms with Gasteiger partial charge >= 0.3 is 0 Å². The van der Waals surface area contributed by atoms with E-state index in [0.29, 0.717) is 16.5 Å².